The molecule has 0 radical (unpaired) electrons. The van der Waals surface area contributed by atoms with Crippen molar-refractivity contribution in [2.75, 3.05) is 7.05 Å². The second kappa shape index (κ2) is 7.96. The van der Waals surface area contributed by atoms with Crippen LogP contribution >= 0.6 is 11.3 Å². The van der Waals surface area contributed by atoms with Crippen LogP contribution < -0.4 is 5.32 Å². The van der Waals surface area contributed by atoms with Gasteiger partial charge in [0.15, 0.2) is 0 Å². The summed E-state index contributed by atoms with van der Waals surface area (Å²) >= 11 is 1.90. The predicted molar refractivity (Wildman–Crippen MR) is 81.3 cm³/mol. The van der Waals surface area contributed by atoms with Crippen molar-refractivity contribution in [1.82, 2.24) is 5.32 Å². The lowest BCUT2D eigenvalue weighted by molar-refractivity contribution is 0.295. The summed E-state index contributed by atoms with van der Waals surface area (Å²) in [6.45, 7) is 0. The first-order valence-corrected chi connectivity index (χ1v) is 8.46. The molecule has 1 nitrogen and oxygen atoms in total. The molecule has 0 spiro atoms. The maximum absolute atomic E-state index is 3.53. The molecule has 0 bridgehead atoms. The minimum Gasteiger partial charge on any atom is -0.317 e. The number of hydrogen-bond donors (Lipinski definition) is 1. The van der Waals surface area contributed by atoms with E-state index in [1.54, 1.807) is 4.88 Å². The molecule has 0 aromatic carbocycles. The predicted octanol–water partition coefficient (Wildman–Crippen LogP) is 4.63. The number of aryl methyl sites for hydroxylation is 1. The second-order valence-corrected chi connectivity index (χ2v) is 6.73. The maximum atomic E-state index is 3.53. The standard InChI is InChI=1S/C16H27NS/c1-17-15(13-14-7-3-2-4-8-14)9-5-10-16-11-6-12-18-16/h6,11-12,14-15,17H,2-5,7-10,13H2,1H3. The maximum Gasteiger partial charge on any atom is 0.00668 e. The van der Waals surface area contributed by atoms with Crippen LogP contribution in [0.3, 0.4) is 0 Å². The van der Waals surface area contributed by atoms with Crippen molar-refractivity contribution in [3.05, 3.63) is 22.4 Å². The van der Waals surface area contributed by atoms with Gasteiger partial charge in [-0.15, -0.1) is 11.3 Å². The Morgan fingerprint density at radius 2 is 2.17 bits per heavy atom. The Morgan fingerprint density at radius 3 is 2.83 bits per heavy atom. The van der Waals surface area contributed by atoms with Gasteiger partial charge in [-0.25, -0.2) is 0 Å². The van der Waals surface area contributed by atoms with Crippen molar-refractivity contribution in [2.24, 2.45) is 5.92 Å². The number of rotatable bonds is 7. The zero-order valence-corrected chi connectivity index (χ0v) is 12.5. The fraction of sp³-hybridized carbons (Fsp3) is 0.750. The molecule has 102 valence electrons. The van der Waals surface area contributed by atoms with Crippen LogP contribution in [0.5, 0.6) is 0 Å². The van der Waals surface area contributed by atoms with Crippen LogP contribution in [0, 0.1) is 5.92 Å². The summed E-state index contributed by atoms with van der Waals surface area (Å²) in [7, 11) is 2.14. The van der Waals surface area contributed by atoms with Gasteiger partial charge >= 0.3 is 0 Å². The molecule has 0 aliphatic heterocycles. The van der Waals surface area contributed by atoms with Crippen molar-refractivity contribution in [3.8, 4) is 0 Å². The Balaban J connectivity index is 1.65. The van der Waals surface area contributed by atoms with Gasteiger partial charge < -0.3 is 5.32 Å². The number of thiophene rings is 1. The van der Waals surface area contributed by atoms with Crippen LogP contribution in [0.25, 0.3) is 0 Å². The van der Waals surface area contributed by atoms with Gasteiger partial charge in [0.1, 0.15) is 0 Å². The van der Waals surface area contributed by atoms with E-state index in [9.17, 15) is 0 Å². The molecule has 0 amide bonds. The molecule has 1 atom stereocenters. The molecular weight excluding hydrogens is 238 g/mol. The van der Waals surface area contributed by atoms with Crippen molar-refractivity contribution < 1.29 is 0 Å². The van der Waals surface area contributed by atoms with Crippen LogP contribution in [0.4, 0.5) is 0 Å². The van der Waals surface area contributed by atoms with E-state index in [1.165, 1.54) is 57.8 Å². The Hall–Kier alpha value is -0.340. The lowest BCUT2D eigenvalue weighted by Gasteiger charge is -2.26. The first-order chi connectivity index (χ1) is 8.88. The second-order valence-electron chi connectivity index (χ2n) is 5.70. The lowest BCUT2D eigenvalue weighted by Crippen LogP contribution is -2.28. The summed E-state index contributed by atoms with van der Waals surface area (Å²) in [6.07, 6.45) is 12.7. The quantitative estimate of drug-likeness (QED) is 0.758. The highest BCUT2D eigenvalue weighted by atomic mass is 32.1. The molecule has 1 aromatic heterocycles. The summed E-state index contributed by atoms with van der Waals surface area (Å²) in [4.78, 5) is 1.54. The monoisotopic (exact) mass is 265 g/mol. The van der Waals surface area contributed by atoms with E-state index in [-0.39, 0.29) is 0 Å². The average Bonchev–Trinajstić information content (AvgIpc) is 2.92. The smallest absolute Gasteiger partial charge is 0.00668 e. The Labute approximate surface area is 116 Å². The third kappa shape index (κ3) is 4.74. The SMILES string of the molecule is CNC(CCCc1cccs1)CC1CCCCC1. The van der Waals surface area contributed by atoms with Crippen molar-refractivity contribution in [3.63, 3.8) is 0 Å². The molecule has 1 aliphatic rings. The Kier molecular flexibility index (Phi) is 6.22. The van der Waals surface area contributed by atoms with Gasteiger partial charge in [-0.1, -0.05) is 38.2 Å². The van der Waals surface area contributed by atoms with Crippen LogP contribution in [0.1, 0.15) is 56.2 Å². The first kappa shape index (κ1) is 14.1. The van der Waals surface area contributed by atoms with E-state index >= 15 is 0 Å². The van der Waals surface area contributed by atoms with Gasteiger partial charge in [-0.2, -0.15) is 0 Å². The van der Waals surface area contributed by atoms with E-state index in [0.29, 0.717) is 0 Å². The van der Waals surface area contributed by atoms with Crippen LogP contribution in [-0.4, -0.2) is 13.1 Å². The van der Waals surface area contributed by atoms with Crippen LogP contribution in [0.15, 0.2) is 17.5 Å². The normalized spacial score (nSPS) is 18.9. The van der Waals surface area contributed by atoms with Gasteiger partial charge in [-0.05, 0) is 50.1 Å². The van der Waals surface area contributed by atoms with E-state index in [0.717, 1.165) is 12.0 Å². The zero-order chi connectivity index (χ0) is 12.6. The van der Waals surface area contributed by atoms with Gasteiger partial charge in [0, 0.05) is 10.9 Å². The minimum absolute atomic E-state index is 0.744. The lowest BCUT2D eigenvalue weighted by atomic mass is 9.84. The third-order valence-corrected chi connectivity index (χ3v) is 5.24. The fourth-order valence-corrected chi connectivity index (χ4v) is 3.93. The van der Waals surface area contributed by atoms with Gasteiger partial charge in [0.25, 0.3) is 0 Å². The summed E-state index contributed by atoms with van der Waals surface area (Å²) in [5.41, 5.74) is 0. The van der Waals surface area contributed by atoms with Crippen molar-refractivity contribution >= 4 is 11.3 Å². The molecule has 2 heteroatoms. The molecule has 18 heavy (non-hydrogen) atoms. The zero-order valence-electron chi connectivity index (χ0n) is 11.7. The molecule has 1 aromatic rings. The van der Waals surface area contributed by atoms with Crippen LogP contribution in [0.2, 0.25) is 0 Å². The van der Waals surface area contributed by atoms with Crippen molar-refractivity contribution in [1.29, 1.82) is 0 Å². The molecule has 1 heterocycles. The van der Waals surface area contributed by atoms with E-state index in [4.69, 9.17) is 0 Å². The van der Waals surface area contributed by atoms with Gasteiger partial charge in [-0.3, -0.25) is 0 Å². The van der Waals surface area contributed by atoms with Crippen LogP contribution in [-0.2, 0) is 6.42 Å². The minimum atomic E-state index is 0.744. The Morgan fingerprint density at radius 1 is 1.33 bits per heavy atom. The average molecular weight is 265 g/mol. The topological polar surface area (TPSA) is 12.0 Å². The molecular formula is C16H27NS. The Bertz CT molecular complexity index is 301. The summed E-state index contributed by atoms with van der Waals surface area (Å²) in [5.74, 6) is 0.998. The largest absolute Gasteiger partial charge is 0.317 e. The van der Waals surface area contributed by atoms with E-state index in [2.05, 4.69) is 29.9 Å². The van der Waals surface area contributed by atoms with E-state index < -0.39 is 0 Å². The molecule has 0 saturated heterocycles. The summed E-state index contributed by atoms with van der Waals surface area (Å²) < 4.78 is 0. The highest BCUT2D eigenvalue weighted by Gasteiger charge is 2.17. The fourth-order valence-electron chi connectivity index (χ4n) is 3.18. The molecule has 2 rings (SSSR count). The number of nitrogens with one attached hydrogen (secondary N) is 1. The molecule has 1 unspecified atom stereocenters. The third-order valence-electron chi connectivity index (χ3n) is 4.31. The highest BCUT2D eigenvalue weighted by Crippen LogP contribution is 2.28. The molecule has 1 saturated carbocycles. The van der Waals surface area contributed by atoms with Gasteiger partial charge in [0.2, 0.25) is 0 Å². The van der Waals surface area contributed by atoms with Gasteiger partial charge in [0.05, 0.1) is 0 Å². The first-order valence-electron chi connectivity index (χ1n) is 7.58. The highest BCUT2D eigenvalue weighted by molar-refractivity contribution is 7.09. The summed E-state index contributed by atoms with van der Waals surface area (Å²) in [6, 6.07) is 5.17. The summed E-state index contributed by atoms with van der Waals surface area (Å²) in [5, 5.41) is 5.72. The molecule has 1 fully saturated rings. The molecule has 1 N–H and O–H groups in total. The molecule has 1 aliphatic carbocycles. The van der Waals surface area contributed by atoms with E-state index in [1.807, 2.05) is 11.3 Å². The number of hydrogen-bond acceptors (Lipinski definition) is 2. The van der Waals surface area contributed by atoms with Crippen molar-refractivity contribution in [2.45, 2.75) is 63.8 Å².